The third kappa shape index (κ3) is 2.46. The summed E-state index contributed by atoms with van der Waals surface area (Å²) in [5, 5.41) is 3.62. The number of hydrogen-bond acceptors (Lipinski definition) is 2. The lowest BCUT2D eigenvalue weighted by Crippen LogP contribution is -2.23. The van der Waals surface area contributed by atoms with Gasteiger partial charge in [-0.1, -0.05) is 20.8 Å². The van der Waals surface area contributed by atoms with Gasteiger partial charge in [0.15, 0.2) is 0 Å². The summed E-state index contributed by atoms with van der Waals surface area (Å²) in [6.45, 7) is 8.96. The Bertz CT molecular complexity index is 341. The van der Waals surface area contributed by atoms with Crippen LogP contribution in [-0.2, 0) is 13.0 Å². The fourth-order valence-corrected chi connectivity index (χ4v) is 2.39. The predicted octanol–water partition coefficient (Wildman–Crippen LogP) is 2.53. The molecule has 0 fully saturated rings. The predicted molar refractivity (Wildman–Crippen MR) is 66.4 cm³/mol. The second kappa shape index (κ2) is 5.00. The van der Waals surface area contributed by atoms with Crippen LogP contribution in [0.3, 0.4) is 0 Å². The van der Waals surface area contributed by atoms with Gasteiger partial charge in [0.1, 0.15) is 5.82 Å². The van der Waals surface area contributed by atoms with Crippen molar-refractivity contribution < 1.29 is 0 Å². The Morgan fingerprint density at radius 1 is 1.56 bits per heavy atom. The lowest BCUT2D eigenvalue weighted by atomic mass is 10.0. The smallest absolute Gasteiger partial charge is 0.126 e. The van der Waals surface area contributed by atoms with Crippen LogP contribution in [0.2, 0.25) is 0 Å². The van der Waals surface area contributed by atoms with Gasteiger partial charge < -0.3 is 9.88 Å². The van der Waals surface area contributed by atoms with Crippen molar-refractivity contribution in [2.75, 3.05) is 6.54 Å². The summed E-state index contributed by atoms with van der Waals surface area (Å²) in [5.41, 5.74) is 1.23. The lowest BCUT2D eigenvalue weighted by Gasteiger charge is -2.17. The van der Waals surface area contributed by atoms with E-state index in [0.29, 0.717) is 12.0 Å². The van der Waals surface area contributed by atoms with E-state index >= 15 is 0 Å². The van der Waals surface area contributed by atoms with Crippen molar-refractivity contribution >= 4 is 0 Å². The quantitative estimate of drug-likeness (QED) is 0.850. The molecule has 2 heterocycles. The fourth-order valence-electron chi connectivity index (χ4n) is 2.39. The summed E-state index contributed by atoms with van der Waals surface area (Å²) in [5.74, 6) is 1.97. The molecule has 0 aliphatic carbocycles. The first-order valence-electron chi connectivity index (χ1n) is 6.50. The van der Waals surface area contributed by atoms with Crippen LogP contribution < -0.4 is 5.32 Å². The second-order valence-corrected chi connectivity index (χ2v) is 5.13. The molecule has 3 nitrogen and oxygen atoms in total. The van der Waals surface area contributed by atoms with Crippen molar-refractivity contribution in [2.45, 2.75) is 52.6 Å². The molecular weight excluding hydrogens is 198 g/mol. The zero-order valence-electron chi connectivity index (χ0n) is 10.7. The van der Waals surface area contributed by atoms with Gasteiger partial charge in [0, 0.05) is 12.7 Å². The van der Waals surface area contributed by atoms with Gasteiger partial charge in [-0.15, -0.1) is 0 Å². The molecule has 0 saturated heterocycles. The van der Waals surface area contributed by atoms with Gasteiger partial charge in [-0.05, 0) is 31.7 Å². The van der Waals surface area contributed by atoms with Crippen LogP contribution in [-0.4, -0.2) is 16.1 Å². The van der Waals surface area contributed by atoms with E-state index < -0.39 is 0 Å². The first-order valence-corrected chi connectivity index (χ1v) is 6.50. The van der Waals surface area contributed by atoms with Gasteiger partial charge in [0.25, 0.3) is 0 Å². The highest BCUT2D eigenvalue weighted by Gasteiger charge is 2.21. The summed E-state index contributed by atoms with van der Waals surface area (Å²) in [7, 11) is 0. The topological polar surface area (TPSA) is 29.9 Å². The van der Waals surface area contributed by atoms with Crippen molar-refractivity contribution in [3.63, 3.8) is 0 Å². The molecule has 16 heavy (non-hydrogen) atoms. The van der Waals surface area contributed by atoms with E-state index in [1.807, 2.05) is 0 Å². The maximum atomic E-state index is 4.76. The van der Waals surface area contributed by atoms with E-state index in [0.717, 1.165) is 19.5 Å². The normalized spacial score (nSPS) is 20.9. The number of fused-ring (bicyclic) bond motifs is 1. The first kappa shape index (κ1) is 11.6. The molecule has 1 aromatic heterocycles. The standard InChI is InChI=1S/C13H23N3/c1-4-11-9-16-7-5-6-14-12(8-10(2)3)13(16)15-11/h9-10,12,14H,4-8H2,1-3H3/t12-/m1/s1. The van der Waals surface area contributed by atoms with E-state index in [1.165, 1.54) is 24.4 Å². The van der Waals surface area contributed by atoms with Crippen molar-refractivity contribution in [3.8, 4) is 0 Å². The molecular formula is C13H23N3. The molecule has 1 atom stereocenters. The second-order valence-electron chi connectivity index (χ2n) is 5.13. The molecule has 1 aliphatic rings. The molecule has 0 unspecified atom stereocenters. The van der Waals surface area contributed by atoms with Gasteiger partial charge >= 0.3 is 0 Å². The molecule has 0 saturated carbocycles. The number of imidazole rings is 1. The monoisotopic (exact) mass is 221 g/mol. The average Bonchev–Trinajstić information content (AvgIpc) is 2.57. The Labute approximate surface area is 98.3 Å². The van der Waals surface area contributed by atoms with E-state index in [2.05, 4.69) is 36.9 Å². The van der Waals surface area contributed by atoms with Gasteiger partial charge in [0.2, 0.25) is 0 Å². The molecule has 0 spiro atoms. The number of aryl methyl sites for hydroxylation is 2. The Hall–Kier alpha value is -0.830. The summed E-state index contributed by atoms with van der Waals surface area (Å²) < 4.78 is 2.35. The Morgan fingerprint density at radius 3 is 3.06 bits per heavy atom. The Balaban J connectivity index is 2.24. The zero-order chi connectivity index (χ0) is 11.5. The van der Waals surface area contributed by atoms with Crippen LogP contribution in [0.5, 0.6) is 0 Å². The Morgan fingerprint density at radius 2 is 2.38 bits per heavy atom. The van der Waals surface area contributed by atoms with E-state index in [9.17, 15) is 0 Å². The van der Waals surface area contributed by atoms with Crippen molar-refractivity contribution in [1.82, 2.24) is 14.9 Å². The van der Waals surface area contributed by atoms with E-state index in [4.69, 9.17) is 4.98 Å². The number of rotatable bonds is 3. The van der Waals surface area contributed by atoms with Gasteiger partial charge in [0.05, 0.1) is 11.7 Å². The largest absolute Gasteiger partial charge is 0.333 e. The number of nitrogens with zero attached hydrogens (tertiary/aromatic N) is 2. The number of aromatic nitrogens is 2. The minimum absolute atomic E-state index is 0.447. The van der Waals surface area contributed by atoms with E-state index in [1.54, 1.807) is 0 Å². The third-order valence-corrected chi connectivity index (χ3v) is 3.20. The van der Waals surface area contributed by atoms with Crippen LogP contribution >= 0.6 is 0 Å². The zero-order valence-corrected chi connectivity index (χ0v) is 10.7. The van der Waals surface area contributed by atoms with Gasteiger partial charge in [-0.2, -0.15) is 0 Å². The van der Waals surface area contributed by atoms with Crippen LogP contribution in [0.4, 0.5) is 0 Å². The van der Waals surface area contributed by atoms with Crippen molar-refractivity contribution in [2.24, 2.45) is 5.92 Å². The maximum Gasteiger partial charge on any atom is 0.126 e. The SMILES string of the molecule is CCc1cn2c(n1)[C@@H](CC(C)C)NCCC2. The summed E-state index contributed by atoms with van der Waals surface area (Å²) in [6.07, 6.45) is 5.66. The molecule has 2 rings (SSSR count). The molecule has 0 radical (unpaired) electrons. The minimum Gasteiger partial charge on any atom is -0.333 e. The van der Waals surface area contributed by atoms with E-state index in [-0.39, 0.29) is 0 Å². The molecule has 0 amide bonds. The van der Waals surface area contributed by atoms with Crippen molar-refractivity contribution in [3.05, 3.63) is 17.7 Å². The molecule has 0 bridgehead atoms. The maximum absolute atomic E-state index is 4.76. The molecule has 90 valence electrons. The summed E-state index contributed by atoms with van der Waals surface area (Å²) in [6, 6.07) is 0.447. The molecule has 3 heteroatoms. The molecule has 1 aromatic rings. The minimum atomic E-state index is 0.447. The molecule has 1 aliphatic heterocycles. The van der Waals surface area contributed by atoms with Crippen LogP contribution in [0.15, 0.2) is 6.20 Å². The molecule has 1 N–H and O–H groups in total. The first-order chi connectivity index (χ1) is 7.70. The molecule has 0 aromatic carbocycles. The third-order valence-electron chi connectivity index (χ3n) is 3.20. The van der Waals surface area contributed by atoms with Crippen molar-refractivity contribution in [1.29, 1.82) is 0 Å². The Kier molecular flexibility index (Phi) is 3.64. The van der Waals surface area contributed by atoms with Gasteiger partial charge in [-0.25, -0.2) is 4.98 Å². The van der Waals surface area contributed by atoms with Gasteiger partial charge in [-0.3, -0.25) is 0 Å². The van der Waals surface area contributed by atoms with Crippen LogP contribution in [0, 0.1) is 5.92 Å². The van der Waals surface area contributed by atoms with Crippen LogP contribution in [0.25, 0.3) is 0 Å². The summed E-state index contributed by atoms with van der Waals surface area (Å²) in [4.78, 5) is 4.76. The summed E-state index contributed by atoms with van der Waals surface area (Å²) >= 11 is 0. The number of hydrogen-bond donors (Lipinski definition) is 1. The average molecular weight is 221 g/mol. The number of nitrogens with one attached hydrogen (secondary N) is 1. The van der Waals surface area contributed by atoms with Crippen LogP contribution in [0.1, 0.15) is 51.2 Å². The highest BCUT2D eigenvalue weighted by Crippen LogP contribution is 2.23. The highest BCUT2D eigenvalue weighted by molar-refractivity contribution is 5.09. The fraction of sp³-hybridized carbons (Fsp3) is 0.769. The highest BCUT2D eigenvalue weighted by atomic mass is 15.1. The lowest BCUT2D eigenvalue weighted by molar-refractivity contribution is 0.424.